The minimum absolute atomic E-state index is 0.0168. The molecular weight excluding hydrogens is 225 g/mol. The molecule has 1 aliphatic heterocycles. The summed E-state index contributed by atoms with van der Waals surface area (Å²) >= 11 is 0. The van der Waals surface area contributed by atoms with Crippen LogP contribution in [0.15, 0.2) is 18.3 Å². The molecule has 6 heteroatoms. The fraction of sp³-hybridized carbons (Fsp3) is 0.364. The molecule has 0 radical (unpaired) electrons. The van der Waals surface area contributed by atoms with Gasteiger partial charge in [-0.3, -0.25) is 9.59 Å². The average molecular weight is 237 g/mol. The van der Waals surface area contributed by atoms with Crippen molar-refractivity contribution in [1.82, 2.24) is 15.6 Å². The minimum Gasteiger partial charge on any atom is -0.352 e. The molecule has 5 nitrogen and oxygen atoms in total. The number of amides is 2. The summed E-state index contributed by atoms with van der Waals surface area (Å²) < 4.78 is 13.2. The summed E-state index contributed by atoms with van der Waals surface area (Å²) in [6, 6.07) is 2.80. The third kappa shape index (κ3) is 2.77. The summed E-state index contributed by atoms with van der Waals surface area (Å²) in [6.07, 6.45) is 2.44. The predicted octanol–water partition coefficient (Wildman–Crippen LogP) is 0.229. The van der Waals surface area contributed by atoms with Crippen LogP contribution >= 0.6 is 0 Å². The first-order valence-corrected chi connectivity index (χ1v) is 5.35. The highest BCUT2D eigenvalue weighted by Crippen LogP contribution is 2.06. The van der Waals surface area contributed by atoms with Gasteiger partial charge < -0.3 is 10.6 Å². The molecular formula is C11H12FN3O2. The molecule has 1 aliphatic rings. The Morgan fingerprint density at radius 2 is 2.47 bits per heavy atom. The van der Waals surface area contributed by atoms with Gasteiger partial charge in [0.1, 0.15) is 0 Å². The Morgan fingerprint density at radius 1 is 1.65 bits per heavy atom. The number of aromatic nitrogens is 1. The first kappa shape index (κ1) is 11.5. The lowest BCUT2D eigenvalue weighted by atomic mass is 10.2. The van der Waals surface area contributed by atoms with Crippen molar-refractivity contribution in [3.63, 3.8) is 0 Å². The molecule has 0 bridgehead atoms. The maximum atomic E-state index is 13.2. The first-order chi connectivity index (χ1) is 8.16. The van der Waals surface area contributed by atoms with Gasteiger partial charge in [-0.2, -0.15) is 4.39 Å². The number of nitrogens with one attached hydrogen (secondary N) is 2. The minimum atomic E-state index is -0.791. The molecule has 1 fully saturated rings. The van der Waals surface area contributed by atoms with Crippen LogP contribution in [0.3, 0.4) is 0 Å². The molecule has 0 spiro atoms. The molecule has 2 heterocycles. The Bertz CT molecular complexity index is 450. The van der Waals surface area contributed by atoms with Crippen LogP contribution in [0.25, 0.3) is 0 Å². The smallest absolute Gasteiger partial charge is 0.256 e. The number of rotatable bonds is 3. The van der Waals surface area contributed by atoms with Crippen molar-refractivity contribution in [2.45, 2.75) is 18.9 Å². The lowest BCUT2D eigenvalue weighted by Gasteiger charge is -2.11. The molecule has 90 valence electrons. The number of carbonyl (C=O) groups is 2. The zero-order valence-corrected chi connectivity index (χ0v) is 9.07. The SMILES string of the molecule is O=C1CCC(CNC(=O)c2cccnc2F)N1. The monoisotopic (exact) mass is 237 g/mol. The highest BCUT2D eigenvalue weighted by atomic mass is 19.1. The fourth-order valence-electron chi connectivity index (χ4n) is 1.70. The molecule has 0 aliphatic carbocycles. The van der Waals surface area contributed by atoms with Crippen molar-refractivity contribution < 1.29 is 14.0 Å². The van der Waals surface area contributed by atoms with E-state index in [0.717, 1.165) is 0 Å². The molecule has 1 unspecified atom stereocenters. The Morgan fingerprint density at radius 3 is 3.12 bits per heavy atom. The van der Waals surface area contributed by atoms with Gasteiger partial charge in [0.05, 0.1) is 5.56 Å². The van der Waals surface area contributed by atoms with E-state index < -0.39 is 11.9 Å². The normalized spacial score (nSPS) is 18.9. The van der Waals surface area contributed by atoms with Crippen LogP contribution in [-0.4, -0.2) is 29.4 Å². The second-order valence-electron chi connectivity index (χ2n) is 3.85. The molecule has 1 aromatic rings. The standard InChI is InChI=1S/C11H12FN3O2/c12-10-8(2-1-5-13-10)11(17)14-6-7-3-4-9(16)15-7/h1-2,5,7H,3-4,6H2,(H,14,17)(H,15,16). The molecule has 0 saturated carbocycles. The van der Waals surface area contributed by atoms with E-state index >= 15 is 0 Å². The number of pyridine rings is 1. The lowest BCUT2D eigenvalue weighted by Crippen LogP contribution is -2.38. The number of nitrogens with zero attached hydrogens (tertiary/aromatic N) is 1. The molecule has 2 rings (SSSR count). The summed E-state index contributed by atoms with van der Waals surface area (Å²) in [5.41, 5.74) is -0.0863. The predicted molar refractivity (Wildman–Crippen MR) is 57.7 cm³/mol. The molecule has 1 aromatic heterocycles. The fourth-order valence-corrected chi connectivity index (χ4v) is 1.70. The van der Waals surface area contributed by atoms with Gasteiger partial charge in [-0.25, -0.2) is 4.98 Å². The van der Waals surface area contributed by atoms with Gasteiger partial charge in [0, 0.05) is 25.2 Å². The van der Waals surface area contributed by atoms with Crippen LogP contribution in [0.5, 0.6) is 0 Å². The lowest BCUT2D eigenvalue weighted by molar-refractivity contribution is -0.119. The van der Waals surface area contributed by atoms with Crippen LogP contribution in [0.1, 0.15) is 23.2 Å². The Labute approximate surface area is 97.4 Å². The highest BCUT2D eigenvalue weighted by Gasteiger charge is 2.21. The summed E-state index contributed by atoms with van der Waals surface area (Å²) in [6.45, 7) is 0.304. The maximum Gasteiger partial charge on any atom is 0.256 e. The molecule has 1 atom stereocenters. The van der Waals surface area contributed by atoms with E-state index in [9.17, 15) is 14.0 Å². The summed E-state index contributed by atoms with van der Waals surface area (Å²) in [5, 5.41) is 5.28. The molecule has 17 heavy (non-hydrogen) atoms. The number of hydrogen-bond donors (Lipinski definition) is 2. The summed E-state index contributed by atoms with van der Waals surface area (Å²) in [4.78, 5) is 25.9. The van der Waals surface area contributed by atoms with Gasteiger partial charge in [-0.15, -0.1) is 0 Å². The van der Waals surface area contributed by atoms with E-state index in [4.69, 9.17) is 0 Å². The van der Waals surface area contributed by atoms with Crippen LogP contribution in [0.4, 0.5) is 4.39 Å². The van der Waals surface area contributed by atoms with Gasteiger partial charge in [0.2, 0.25) is 11.9 Å². The molecule has 2 N–H and O–H groups in total. The summed E-state index contributed by atoms with van der Waals surface area (Å²) in [5.74, 6) is -1.32. The van der Waals surface area contributed by atoms with Gasteiger partial charge >= 0.3 is 0 Å². The summed E-state index contributed by atoms with van der Waals surface area (Å²) in [7, 11) is 0. The van der Waals surface area contributed by atoms with Crippen LogP contribution in [0, 0.1) is 5.95 Å². The third-order valence-electron chi connectivity index (χ3n) is 2.60. The molecule has 1 saturated heterocycles. The van der Waals surface area contributed by atoms with Gasteiger partial charge in [-0.1, -0.05) is 0 Å². The van der Waals surface area contributed by atoms with E-state index in [-0.39, 0.29) is 17.5 Å². The van der Waals surface area contributed by atoms with E-state index in [0.29, 0.717) is 19.4 Å². The third-order valence-corrected chi connectivity index (χ3v) is 2.60. The van der Waals surface area contributed by atoms with E-state index in [1.807, 2.05) is 0 Å². The topological polar surface area (TPSA) is 71.1 Å². The largest absolute Gasteiger partial charge is 0.352 e. The van der Waals surface area contributed by atoms with Crippen molar-refractivity contribution in [1.29, 1.82) is 0 Å². The Balaban J connectivity index is 1.90. The van der Waals surface area contributed by atoms with Crippen molar-refractivity contribution in [3.05, 3.63) is 29.8 Å². The van der Waals surface area contributed by atoms with Crippen LogP contribution in [0.2, 0.25) is 0 Å². The Hall–Kier alpha value is -1.98. The highest BCUT2D eigenvalue weighted by molar-refractivity contribution is 5.94. The second kappa shape index (κ2) is 4.90. The van der Waals surface area contributed by atoms with Gasteiger partial charge in [0.25, 0.3) is 5.91 Å². The van der Waals surface area contributed by atoms with Crippen LogP contribution < -0.4 is 10.6 Å². The van der Waals surface area contributed by atoms with Crippen molar-refractivity contribution in [3.8, 4) is 0 Å². The Kier molecular flexibility index (Phi) is 3.32. The van der Waals surface area contributed by atoms with E-state index in [2.05, 4.69) is 15.6 Å². The zero-order valence-electron chi connectivity index (χ0n) is 9.07. The molecule has 2 amide bonds. The second-order valence-corrected chi connectivity index (χ2v) is 3.85. The van der Waals surface area contributed by atoms with E-state index in [1.54, 1.807) is 0 Å². The average Bonchev–Trinajstić information content (AvgIpc) is 2.73. The first-order valence-electron chi connectivity index (χ1n) is 5.35. The van der Waals surface area contributed by atoms with E-state index in [1.165, 1.54) is 18.3 Å². The maximum absolute atomic E-state index is 13.2. The van der Waals surface area contributed by atoms with Crippen LogP contribution in [-0.2, 0) is 4.79 Å². The number of carbonyl (C=O) groups excluding carboxylic acids is 2. The quantitative estimate of drug-likeness (QED) is 0.739. The number of halogens is 1. The van der Waals surface area contributed by atoms with Crippen molar-refractivity contribution in [2.24, 2.45) is 0 Å². The zero-order chi connectivity index (χ0) is 12.3. The van der Waals surface area contributed by atoms with Crippen molar-refractivity contribution in [2.75, 3.05) is 6.54 Å². The van der Waals surface area contributed by atoms with Gasteiger partial charge in [0.15, 0.2) is 0 Å². The van der Waals surface area contributed by atoms with Gasteiger partial charge in [-0.05, 0) is 18.6 Å². The van der Waals surface area contributed by atoms with Crippen molar-refractivity contribution >= 4 is 11.8 Å². The molecule has 0 aromatic carbocycles. The number of hydrogen-bond acceptors (Lipinski definition) is 3.